The van der Waals surface area contributed by atoms with Crippen molar-refractivity contribution in [3.63, 3.8) is 0 Å². The normalized spacial score (nSPS) is 11.7. The number of aromatic nitrogens is 2. The lowest BCUT2D eigenvalue weighted by molar-refractivity contribution is -0.594. The van der Waals surface area contributed by atoms with E-state index in [1.165, 1.54) is 0 Å². The summed E-state index contributed by atoms with van der Waals surface area (Å²) in [6, 6.07) is 3.95. The Bertz CT molecular complexity index is 512. The summed E-state index contributed by atoms with van der Waals surface area (Å²) in [6.45, 7) is 0. The van der Waals surface area contributed by atoms with Crippen LogP contribution in [0.1, 0.15) is 5.56 Å². The third kappa shape index (κ3) is 2.03. The second kappa shape index (κ2) is 3.69. The maximum atomic E-state index is 12.3. The number of alkyl halides is 3. The fraction of sp³-hybridized carbons (Fsp3) is 0.100. The average Bonchev–Trinajstić information content (AvgIpc) is 2.58. The van der Waals surface area contributed by atoms with E-state index in [4.69, 9.17) is 0 Å². The van der Waals surface area contributed by atoms with Gasteiger partial charge in [0.05, 0.1) is 11.1 Å². The lowest BCUT2D eigenvalue weighted by Crippen LogP contribution is -2.26. The Hall–Kier alpha value is -2.18. The van der Waals surface area contributed by atoms with Gasteiger partial charge in [-0.3, -0.25) is 0 Å². The first kappa shape index (κ1) is 11.3. The highest BCUT2D eigenvalue weighted by atomic mass is 19.4. The standard InChI is InChI=1S/C10H7F3N2O2/c11-10(12,13)8-3-1-7(2-4-8)9-14(16)5-6-15(9)17/h1-6,16H. The molecule has 0 bridgehead atoms. The molecule has 0 aliphatic rings. The van der Waals surface area contributed by atoms with E-state index in [-0.39, 0.29) is 11.4 Å². The Balaban J connectivity index is 2.43. The highest BCUT2D eigenvalue weighted by molar-refractivity contribution is 5.53. The highest BCUT2D eigenvalue weighted by Crippen LogP contribution is 2.30. The summed E-state index contributed by atoms with van der Waals surface area (Å²) in [7, 11) is 0. The van der Waals surface area contributed by atoms with Gasteiger partial charge in [0, 0.05) is 0 Å². The Morgan fingerprint density at radius 1 is 1.18 bits per heavy atom. The molecule has 0 atom stereocenters. The van der Waals surface area contributed by atoms with Crippen molar-refractivity contribution in [2.45, 2.75) is 6.18 Å². The number of hydrogen-bond donors (Lipinski definition) is 1. The van der Waals surface area contributed by atoms with E-state index in [0.717, 1.165) is 36.7 Å². The lowest BCUT2D eigenvalue weighted by atomic mass is 10.1. The van der Waals surface area contributed by atoms with Gasteiger partial charge >= 0.3 is 12.0 Å². The number of hydrogen-bond acceptors (Lipinski definition) is 2. The average molecular weight is 244 g/mol. The molecule has 0 saturated carbocycles. The first-order valence-electron chi connectivity index (χ1n) is 4.57. The summed E-state index contributed by atoms with van der Waals surface area (Å²) in [4.78, 5) is 0. The number of halogens is 3. The van der Waals surface area contributed by atoms with Crippen LogP contribution in [0.2, 0.25) is 0 Å². The molecule has 1 aromatic heterocycles. The van der Waals surface area contributed by atoms with Crippen molar-refractivity contribution < 1.29 is 23.1 Å². The second-order valence-electron chi connectivity index (χ2n) is 3.37. The van der Waals surface area contributed by atoms with Crippen molar-refractivity contribution in [1.82, 2.24) is 4.73 Å². The van der Waals surface area contributed by atoms with Crippen molar-refractivity contribution >= 4 is 0 Å². The van der Waals surface area contributed by atoms with Crippen LogP contribution in [0.25, 0.3) is 11.4 Å². The predicted molar refractivity (Wildman–Crippen MR) is 51.0 cm³/mol. The molecule has 0 spiro atoms. The number of nitrogens with zero attached hydrogens (tertiary/aromatic N) is 2. The number of imidazole rings is 1. The van der Waals surface area contributed by atoms with Crippen LogP contribution >= 0.6 is 0 Å². The first-order chi connectivity index (χ1) is 7.89. The van der Waals surface area contributed by atoms with Crippen molar-refractivity contribution in [3.05, 3.63) is 47.4 Å². The van der Waals surface area contributed by atoms with Crippen molar-refractivity contribution in [1.29, 1.82) is 0 Å². The van der Waals surface area contributed by atoms with Gasteiger partial charge in [0.15, 0.2) is 6.20 Å². The van der Waals surface area contributed by atoms with E-state index in [1.54, 1.807) is 0 Å². The molecule has 2 aromatic rings. The fourth-order valence-electron chi connectivity index (χ4n) is 1.43. The van der Waals surface area contributed by atoms with E-state index < -0.39 is 11.7 Å². The van der Waals surface area contributed by atoms with Crippen LogP contribution in [0.15, 0.2) is 36.7 Å². The molecular formula is C10H7F3N2O2. The fourth-order valence-corrected chi connectivity index (χ4v) is 1.43. The van der Waals surface area contributed by atoms with E-state index in [2.05, 4.69) is 0 Å². The summed E-state index contributed by atoms with van der Waals surface area (Å²) < 4.78 is 37.8. The quantitative estimate of drug-likeness (QED) is 0.474. The van der Waals surface area contributed by atoms with Crippen LogP contribution < -0.4 is 4.73 Å². The van der Waals surface area contributed by atoms with Gasteiger partial charge in [0.25, 0.3) is 0 Å². The van der Waals surface area contributed by atoms with Crippen LogP contribution in [0.4, 0.5) is 13.2 Å². The topological polar surface area (TPSA) is 52.1 Å². The molecule has 0 fully saturated rings. The van der Waals surface area contributed by atoms with Gasteiger partial charge in [0.1, 0.15) is 6.20 Å². The minimum atomic E-state index is -4.42. The van der Waals surface area contributed by atoms with Gasteiger partial charge in [-0.2, -0.15) is 13.2 Å². The molecule has 2 rings (SSSR count). The van der Waals surface area contributed by atoms with Gasteiger partial charge in [-0.05, 0) is 29.0 Å². The molecule has 4 nitrogen and oxygen atoms in total. The molecule has 1 N–H and O–H groups in total. The largest absolute Gasteiger partial charge is 0.710 e. The zero-order valence-corrected chi connectivity index (χ0v) is 8.35. The highest BCUT2D eigenvalue weighted by Gasteiger charge is 2.30. The zero-order valence-electron chi connectivity index (χ0n) is 8.35. The van der Waals surface area contributed by atoms with E-state index >= 15 is 0 Å². The SMILES string of the molecule is [O-][n+]1ccn(O)c1-c1ccc(C(F)(F)F)cc1. The second-order valence-corrected chi connectivity index (χ2v) is 3.37. The van der Waals surface area contributed by atoms with E-state index in [1.807, 2.05) is 0 Å². The maximum Gasteiger partial charge on any atom is 0.416 e. The van der Waals surface area contributed by atoms with Crippen LogP contribution in [0, 0.1) is 5.21 Å². The summed E-state index contributed by atoms with van der Waals surface area (Å²) >= 11 is 0. The van der Waals surface area contributed by atoms with Crippen LogP contribution in [0.5, 0.6) is 0 Å². The predicted octanol–water partition coefficient (Wildman–Crippen LogP) is 2.04. The Labute approximate surface area is 93.7 Å². The lowest BCUT2D eigenvalue weighted by Gasteiger charge is -2.07. The molecule has 1 aromatic carbocycles. The van der Waals surface area contributed by atoms with Crippen LogP contribution in [-0.4, -0.2) is 9.94 Å². The molecule has 0 saturated heterocycles. The minimum absolute atomic E-state index is 0.140. The summed E-state index contributed by atoms with van der Waals surface area (Å²) in [6.07, 6.45) is -2.28. The van der Waals surface area contributed by atoms with E-state index in [9.17, 15) is 23.6 Å². The summed E-state index contributed by atoms with van der Waals surface area (Å²) in [5.41, 5.74) is -0.616. The molecule has 0 radical (unpaired) electrons. The smallest absolute Gasteiger partial charge is 0.416 e. The molecule has 0 amide bonds. The first-order valence-corrected chi connectivity index (χ1v) is 4.57. The van der Waals surface area contributed by atoms with Gasteiger partial charge in [-0.15, -0.1) is 0 Å². The maximum absolute atomic E-state index is 12.3. The Morgan fingerprint density at radius 2 is 1.76 bits per heavy atom. The van der Waals surface area contributed by atoms with Gasteiger partial charge in [-0.25, -0.2) is 4.73 Å². The number of rotatable bonds is 1. The van der Waals surface area contributed by atoms with Crippen molar-refractivity contribution in [2.24, 2.45) is 0 Å². The Morgan fingerprint density at radius 3 is 2.18 bits per heavy atom. The van der Waals surface area contributed by atoms with Crippen LogP contribution in [0.3, 0.4) is 0 Å². The molecule has 90 valence electrons. The molecular weight excluding hydrogens is 237 g/mol. The Kier molecular flexibility index (Phi) is 2.45. The van der Waals surface area contributed by atoms with Crippen LogP contribution in [-0.2, 0) is 6.18 Å². The van der Waals surface area contributed by atoms with Crippen molar-refractivity contribution in [3.8, 4) is 11.4 Å². The van der Waals surface area contributed by atoms with Gasteiger partial charge in [-0.1, -0.05) is 0 Å². The summed E-state index contributed by atoms with van der Waals surface area (Å²) in [5, 5.41) is 20.5. The molecule has 1 heterocycles. The molecule has 17 heavy (non-hydrogen) atoms. The third-order valence-electron chi connectivity index (χ3n) is 2.24. The molecule has 0 unspecified atom stereocenters. The summed E-state index contributed by atoms with van der Waals surface area (Å²) in [5.74, 6) is -0.140. The zero-order chi connectivity index (χ0) is 12.6. The molecule has 0 aliphatic carbocycles. The molecule has 7 heteroatoms. The van der Waals surface area contributed by atoms with E-state index in [0.29, 0.717) is 9.46 Å². The minimum Gasteiger partial charge on any atom is -0.710 e. The van der Waals surface area contributed by atoms with Gasteiger partial charge in [0.2, 0.25) is 0 Å². The molecule has 0 aliphatic heterocycles. The third-order valence-corrected chi connectivity index (χ3v) is 2.24. The van der Waals surface area contributed by atoms with Crippen molar-refractivity contribution in [2.75, 3.05) is 0 Å². The number of benzene rings is 1. The van der Waals surface area contributed by atoms with Gasteiger partial charge < -0.3 is 10.4 Å². The monoisotopic (exact) mass is 244 g/mol.